The van der Waals surface area contributed by atoms with Gasteiger partial charge in [0.15, 0.2) is 0 Å². The number of hydrogen-bond acceptors (Lipinski definition) is 5. The van der Waals surface area contributed by atoms with Crippen molar-refractivity contribution >= 4 is 16.2 Å². The Balaban J connectivity index is 2.30. The highest BCUT2D eigenvalue weighted by Crippen LogP contribution is 2.26. The predicted molar refractivity (Wildman–Crippen MR) is 71.3 cm³/mol. The first kappa shape index (κ1) is 16.2. The van der Waals surface area contributed by atoms with Crippen LogP contribution in [-0.4, -0.2) is 39.0 Å². The van der Waals surface area contributed by atoms with Gasteiger partial charge in [0.1, 0.15) is 5.60 Å². The Kier molecular flexibility index (Phi) is 5.20. The van der Waals surface area contributed by atoms with Crippen LogP contribution in [0.15, 0.2) is 0 Å². The Morgan fingerprint density at radius 2 is 1.95 bits per heavy atom. The summed E-state index contributed by atoms with van der Waals surface area (Å²) in [6.45, 7) is 5.61. The summed E-state index contributed by atoms with van der Waals surface area (Å²) in [4.78, 5) is 11.6. The molecule has 0 aromatic rings. The Labute approximate surface area is 115 Å². The Hall–Kier alpha value is -0.820. The van der Waals surface area contributed by atoms with Crippen molar-refractivity contribution < 1.29 is 22.1 Å². The molecule has 1 aliphatic rings. The fourth-order valence-corrected chi connectivity index (χ4v) is 2.49. The molecule has 0 aromatic heterocycles. The van der Waals surface area contributed by atoms with E-state index in [1.165, 1.54) is 0 Å². The van der Waals surface area contributed by atoms with E-state index >= 15 is 0 Å². The van der Waals surface area contributed by atoms with Gasteiger partial charge in [0, 0.05) is 6.04 Å². The third-order valence-electron chi connectivity index (χ3n) is 2.78. The van der Waals surface area contributed by atoms with Gasteiger partial charge in [-0.2, -0.15) is 8.42 Å². The minimum Gasteiger partial charge on any atom is -0.444 e. The van der Waals surface area contributed by atoms with Crippen LogP contribution < -0.4 is 5.32 Å². The zero-order chi connectivity index (χ0) is 14.7. The quantitative estimate of drug-likeness (QED) is 0.797. The van der Waals surface area contributed by atoms with Gasteiger partial charge in [-0.1, -0.05) is 0 Å². The van der Waals surface area contributed by atoms with Gasteiger partial charge in [-0.25, -0.2) is 4.79 Å². The summed E-state index contributed by atoms with van der Waals surface area (Å²) in [5, 5.41) is 2.80. The molecule has 0 aromatic carbocycles. The molecule has 112 valence electrons. The molecule has 0 spiro atoms. The predicted octanol–water partition coefficient (Wildman–Crippen LogP) is 1.66. The summed E-state index contributed by atoms with van der Waals surface area (Å²) in [7, 11) is -3.39. The lowest BCUT2D eigenvalue weighted by Crippen LogP contribution is -2.38. The Morgan fingerprint density at radius 3 is 2.47 bits per heavy atom. The zero-order valence-electron chi connectivity index (χ0n) is 11.9. The van der Waals surface area contributed by atoms with Crippen LogP contribution in [0.1, 0.15) is 40.0 Å². The molecule has 1 unspecified atom stereocenters. The van der Waals surface area contributed by atoms with Crippen LogP contribution in [0.5, 0.6) is 0 Å². The van der Waals surface area contributed by atoms with Gasteiger partial charge in [0.2, 0.25) is 0 Å². The van der Waals surface area contributed by atoms with E-state index in [9.17, 15) is 13.2 Å². The molecule has 19 heavy (non-hydrogen) atoms. The van der Waals surface area contributed by atoms with E-state index in [1.54, 1.807) is 0 Å². The molecule has 0 bridgehead atoms. The van der Waals surface area contributed by atoms with Crippen molar-refractivity contribution in [3.63, 3.8) is 0 Å². The Bertz CT molecular complexity index is 412. The molecule has 1 fully saturated rings. The van der Waals surface area contributed by atoms with Crippen LogP contribution in [0.25, 0.3) is 0 Å². The minimum atomic E-state index is -3.39. The van der Waals surface area contributed by atoms with Crippen LogP contribution >= 0.6 is 0 Å². The molecule has 0 saturated heterocycles. The maximum atomic E-state index is 11.6. The molecule has 7 heteroatoms. The van der Waals surface area contributed by atoms with Crippen LogP contribution in [-0.2, 0) is 19.0 Å². The van der Waals surface area contributed by atoms with Gasteiger partial charge < -0.3 is 10.1 Å². The topological polar surface area (TPSA) is 81.7 Å². The normalized spacial score (nSPS) is 24.2. The van der Waals surface area contributed by atoms with E-state index in [2.05, 4.69) is 5.32 Å². The molecule has 2 atom stereocenters. The van der Waals surface area contributed by atoms with Crippen LogP contribution in [0.3, 0.4) is 0 Å². The van der Waals surface area contributed by atoms with Crippen molar-refractivity contribution in [1.82, 2.24) is 5.32 Å². The van der Waals surface area contributed by atoms with Gasteiger partial charge in [-0.05, 0) is 46.0 Å². The van der Waals surface area contributed by atoms with E-state index < -0.39 is 21.8 Å². The van der Waals surface area contributed by atoms with Gasteiger partial charge in [0.25, 0.3) is 10.1 Å². The third-order valence-corrected chi connectivity index (χ3v) is 3.34. The van der Waals surface area contributed by atoms with Crippen LogP contribution in [0, 0.1) is 5.92 Å². The third kappa shape index (κ3) is 7.37. The van der Waals surface area contributed by atoms with E-state index in [1.807, 2.05) is 20.8 Å². The molecule has 1 saturated carbocycles. The number of carbonyl (C=O) groups excluding carboxylic acids is 1. The smallest absolute Gasteiger partial charge is 0.407 e. The van der Waals surface area contributed by atoms with Crippen LogP contribution in [0.2, 0.25) is 0 Å². The second kappa shape index (κ2) is 6.09. The maximum Gasteiger partial charge on any atom is 0.407 e. The number of ether oxygens (including phenoxy) is 1. The molecule has 0 heterocycles. The molecular weight excluding hydrogens is 270 g/mol. The molecule has 1 N–H and O–H groups in total. The average molecular weight is 293 g/mol. The lowest BCUT2D eigenvalue weighted by molar-refractivity contribution is 0.0503. The molecule has 1 rings (SSSR count). The van der Waals surface area contributed by atoms with Crippen molar-refractivity contribution in [3.8, 4) is 0 Å². The average Bonchev–Trinajstić information content (AvgIpc) is 2.58. The van der Waals surface area contributed by atoms with Crippen molar-refractivity contribution in [1.29, 1.82) is 0 Å². The van der Waals surface area contributed by atoms with Gasteiger partial charge >= 0.3 is 6.09 Å². The van der Waals surface area contributed by atoms with E-state index in [4.69, 9.17) is 8.92 Å². The molecule has 6 nitrogen and oxygen atoms in total. The second-order valence-electron chi connectivity index (χ2n) is 6.01. The van der Waals surface area contributed by atoms with Crippen LogP contribution in [0.4, 0.5) is 4.79 Å². The molecule has 0 aliphatic heterocycles. The fraction of sp³-hybridized carbons (Fsp3) is 0.917. The summed E-state index contributed by atoms with van der Waals surface area (Å²) in [5.41, 5.74) is -0.512. The van der Waals surface area contributed by atoms with Crippen molar-refractivity contribution in [3.05, 3.63) is 0 Å². The van der Waals surface area contributed by atoms with E-state index in [-0.39, 0.29) is 18.6 Å². The fourth-order valence-electron chi connectivity index (χ4n) is 2.05. The minimum absolute atomic E-state index is 0.0306. The monoisotopic (exact) mass is 293 g/mol. The zero-order valence-corrected chi connectivity index (χ0v) is 12.7. The molecule has 0 radical (unpaired) electrons. The first-order valence-electron chi connectivity index (χ1n) is 6.39. The summed E-state index contributed by atoms with van der Waals surface area (Å²) >= 11 is 0. The standard InChI is InChI=1S/C12H23NO5S/c1-12(2,3)18-11(14)13-10-6-5-9(7-10)8-17-19(4,15)16/h9-10H,5-8H2,1-4H3,(H,13,14)/t9?,10-/m0/s1. The molecule has 1 amide bonds. The number of alkyl carbamates (subject to hydrolysis) is 1. The summed E-state index contributed by atoms with van der Waals surface area (Å²) in [6.07, 6.45) is 2.99. The number of carbonyl (C=O) groups is 1. The summed E-state index contributed by atoms with van der Waals surface area (Å²) in [5.74, 6) is 0.162. The highest BCUT2D eigenvalue weighted by molar-refractivity contribution is 7.85. The first-order valence-corrected chi connectivity index (χ1v) is 8.21. The number of nitrogens with one attached hydrogen (secondary N) is 1. The maximum absolute atomic E-state index is 11.6. The lowest BCUT2D eigenvalue weighted by Gasteiger charge is -2.21. The Morgan fingerprint density at radius 1 is 1.32 bits per heavy atom. The van der Waals surface area contributed by atoms with Crippen molar-refractivity contribution in [2.24, 2.45) is 5.92 Å². The van der Waals surface area contributed by atoms with Crippen molar-refractivity contribution in [2.75, 3.05) is 12.9 Å². The number of hydrogen-bond donors (Lipinski definition) is 1. The van der Waals surface area contributed by atoms with Gasteiger partial charge in [-0.15, -0.1) is 0 Å². The number of rotatable bonds is 4. The molecule has 1 aliphatic carbocycles. The summed E-state index contributed by atoms with van der Waals surface area (Å²) in [6, 6.07) is 0.0306. The highest BCUT2D eigenvalue weighted by Gasteiger charge is 2.28. The largest absolute Gasteiger partial charge is 0.444 e. The first-order chi connectivity index (χ1) is 8.55. The van der Waals surface area contributed by atoms with E-state index in [0.29, 0.717) is 0 Å². The van der Waals surface area contributed by atoms with Gasteiger partial charge in [-0.3, -0.25) is 4.18 Å². The van der Waals surface area contributed by atoms with Gasteiger partial charge in [0.05, 0.1) is 12.9 Å². The number of amides is 1. The summed E-state index contributed by atoms with van der Waals surface area (Å²) < 4.78 is 31.7. The van der Waals surface area contributed by atoms with E-state index in [0.717, 1.165) is 25.5 Å². The molecular formula is C12H23NO5S. The highest BCUT2D eigenvalue weighted by atomic mass is 32.2. The van der Waals surface area contributed by atoms with Crippen molar-refractivity contribution in [2.45, 2.75) is 51.7 Å². The second-order valence-corrected chi connectivity index (χ2v) is 7.65. The lowest BCUT2D eigenvalue weighted by atomic mass is 10.1. The SMILES string of the molecule is CC(C)(C)OC(=O)N[C@H]1CCC(COS(C)(=O)=O)C1.